The topological polar surface area (TPSA) is 66.6 Å². The number of benzene rings is 1. The van der Waals surface area contributed by atoms with Crippen molar-refractivity contribution in [2.24, 2.45) is 11.7 Å². The SMILES string of the molecule is CC1CCCN(C(=O)[C@H](N)Cc2ccc(O)cc2)C1. The Morgan fingerprint density at radius 3 is 2.79 bits per heavy atom. The van der Waals surface area contributed by atoms with Crippen LogP contribution in [-0.4, -0.2) is 35.0 Å². The summed E-state index contributed by atoms with van der Waals surface area (Å²) in [5.41, 5.74) is 6.99. The summed E-state index contributed by atoms with van der Waals surface area (Å²) in [5.74, 6) is 0.840. The van der Waals surface area contributed by atoms with Crippen molar-refractivity contribution in [3.8, 4) is 5.75 Å². The van der Waals surface area contributed by atoms with Crippen molar-refractivity contribution in [3.63, 3.8) is 0 Å². The Kier molecular flexibility index (Phi) is 4.43. The first-order valence-electron chi connectivity index (χ1n) is 6.88. The highest BCUT2D eigenvalue weighted by Crippen LogP contribution is 2.17. The number of hydrogen-bond acceptors (Lipinski definition) is 3. The first kappa shape index (κ1) is 13.9. The van der Waals surface area contributed by atoms with E-state index in [1.54, 1.807) is 24.3 Å². The molecule has 4 nitrogen and oxygen atoms in total. The van der Waals surface area contributed by atoms with E-state index < -0.39 is 6.04 Å². The van der Waals surface area contributed by atoms with Gasteiger partial charge in [-0.15, -0.1) is 0 Å². The summed E-state index contributed by atoms with van der Waals surface area (Å²) in [7, 11) is 0. The number of likely N-dealkylation sites (tertiary alicyclic amines) is 1. The quantitative estimate of drug-likeness (QED) is 0.868. The van der Waals surface area contributed by atoms with Gasteiger partial charge in [0, 0.05) is 13.1 Å². The average molecular weight is 262 g/mol. The maximum Gasteiger partial charge on any atom is 0.239 e. The summed E-state index contributed by atoms with van der Waals surface area (Å²) in [6, 6.07) is 6.36. The highest BCUT2D eigenvalue weighted by Gasteiger charge is 2.25. The van der Waals surface area contributed by atoms with Crippen LogP contribution in [0.2, 0.25) is 0 Å². The van der Waals surface area contributed by atoms with Crippen LogP contribution >= 0.6 is 0 Å². The zero-order chi connectivity index (χ0) is 13.8. The van der Waals surface area contributed by atoms with Gasteiger partial charge in [-0.05, 0) is 42.9 Å². The van der Waals surface area contributed by atoms with Crippen molar-refractivity contribution < 1.29 is 9.90 Å². The average Bonchev–Trinajstić information content (AvgIpc) is 2.40. The molecule has 0 saturated carbocycles. The fraction of sp³-hybridized carbons (Fsp3) is 0.533. The predicted octanol–water partition coefficient (Wildman–Crippen LogP) is 1.52. The van der Waals surface area contributed by atoms with E-state index in [4.69, 9.17) is 5.73 Å². The number of nitrogens with zero attached hydrogens (tertiary/aromatic N) is 1. The Morgan fingerprint density at radius 2 is 2.16 bits per heavy atom. The number of aromatic hydroxyl groups is 1. The third kappa shape index (κ3) is 3.70. The van der Waals surface area contributed by atoms with Gasteiger partial charge in [0.15, 0.2) is 0 Å². The standard InChI is InChI=1S/C15H22N2O2/c1-11-3-2-8-17(10-11)15(19)14(16)9-12-4-6-13(18)7-5-12/h4-7,11,14,18H,2-3,8-10,16H2,1H3/t11?,14-/m1/s1. The minimum Gasteiger partial charge on any atom is -0.508 e. The molecule has 104 valence electrons. The molecule has 1 unspecified atom stereocenters. The van der Waals surface area contributed by atoms with Gasteiger partial charge in [0.2, 0.25) is 5.91 Å². The molecule has 2 atom stereocenters. The summed E-state index contributed by atoms with van der Waals surface area (Å²) < 4.78 is 0. The molecule has 1 aliphatic rings. The van der Waals surface area contributed by atoms with Crippen molar-refractivity contribution in [2.75, 3.05) is 13.1 Å². The van der Waals surface area contributed by atoms with Crippen molar-refractivity contribution in [1.29, 1.82) is 0 Å². The van der Waals surface area contributed by atoms with Gasteiger partial charge < -0.3 is 15.7 Å². The highest BCUT2D eigenvalue weighted by molar-refractivity contribution is 5.82. The molecule has 1 aromatic rings. The number of piperidine rings is 1. The van der Waals surface area contributed by atoms with E-state index in [-0.39, 0.29) is 11.7 Å². The number of hydrogen-bond donors (Lipinski definition) is 2. The first-order chi connectivity index (χ1) is 9.06. The monoisotopic (exact) mass is 262 g/mol. The van der Waals surface area contributed by atoms with Crippen LogP contribution < -0.4 is 5.73 Å². The van der Waals surface area contributed by atoms with Crippen LogP contribution in [0.5, 0.6) is 5.75 Å². The number of phenolic OH excluding ortho intramolecular Hbond substituents is 1. The Morgan fingerprint density at radius 1 is 1.47 bits per heavy atom. The van der Waals surface area contributed by atoms with Crippen LogP contribution in [0.3, 0.4) is 0 Å². The van der Waals surface area contributed by atoms with Crippen molar-refractivity contribution in [2.45, 2.75) is 32.2 Å². The molecular formula is C15H22N2O2. The molecule has 0 radical (unpaired) electrons. The smallest absolute Gasteiger partial charge is 0.239 e. The second-order valence-electron chi connectivity index (χ2n) is 5.51. The van der Waals surface area contributed by atoms with Crippen molar-refractivity contribution >= 4 is 5.91 Å². The molecule has 1 aromatic carbocycles. The second kappa shape index (κ2) is 6.06. The lowest BCUT2D eigenvalue weighted by molar-refractivity contribution is -0.134. The van der Waals surface area contributed by atoms with Crippen LogP contribution in [0.1, 0.15) is 25.3 Å². The van der Waals surface area contributed by atoms with E-state index in [0.717, 1.165) is 25.1 Å². The Bertz CT molecular complexity index is 430. The highest BCUT2D eigenvalue weighted by atomic mass is 16.3. The molecule has 2 rings (SSSR count). The third-order valence-corrected chi connectivity index (χ3v) is 3.68. The van der Waals surface area contributed by atoms with Gasteiger partial charge in [0.25, 0.3) is 0 Å². The second-order valence-corrected chi connectivity index (χ2v) is 5.51. The maximum atomic E-state index is 12.3. The molecule has 1 heterocycles. The van der Waals surface area contributed by atoms with Crippen LogP contribution in [0, 0.1) is 5.92 Å². The van der Waals surface area contributed by atoms with E-state index in [0.29, 0.717) is 12.3 Å². The molecule has 1 fully saturated rings. The first-order valence-corrected chi connectivity index (χ1v) is 6.88. The Balaban J connectivity index is 1.93. The van der Waals surface area contributed by atoms with Gasteiger partial charge >= 0.3 is 0 Å². The maximum absolute atomic E-state index is 12.3. The fourth-order valence-corrected chi connectivity index (χ4v) is 2.60. The molecular weight excluding hydrogens is 240 g/mol. The molecule has 3 N–H and O–H groups in total. The van der Waals surface area contributed by atoms with E-state index >= 15 is 0 Å². The molecule has 0 aromatic heterocycles. The number of amides is 1. The van der Waals surface area contributed by atoms with Gasteiger partial charge in [-0.2, -0.15) is 0 Å². The van der Waals surface area contributed by atoms with Gasteiger partial charge in [-0.3, -0.25) is 4.79 Å². The molecule has 0 bridgehead atoms. The zero-order valence-electron chi connectivity index (χ0n) is 11.4. The number of carbonyl (C=O) groups excluding carboxylic acids is 1. The molecule has 0 spiro atoms. The number of nitrogens with two attached hydrogens (primary N) is 1. The lowest BCUT2D eigenvalue weighted by Crippen LogP contribution is -2.48. The minimum atomic E-state index is -0.491. The van der Waals surface area contributed by atoms with Gasteiger partial charge in [-0.25, -0.2) is 0 Å². The normalized spacial score (nSPS) is 21.2. The fourth-order valence-electron chi connectivity index (χ4n) is 2.60. The lowest BCUT2D eigenvalue weighted by Gasteiger charge is -2.32. The molecule has 0 aliphatic carbocycles. The van der Waals surface area contributed by atoms with Crippen LogP contribution in [0.15, 0.2) is 24.3 Å². The van der Waals surface area contributed by atoms with E-state index in [1.807, 2.05) is 4.90 Å². The number of carbonyl (C=O) groups is 1. The Labute approximate surface area is 114 Å². The van der Waals surface area contributed by atoms with Crippen LogP contribution in [0.4, 0.5) is 0 Å². The molecule has 1 aliphatic heterocycles. The van der Waals surface area contributed by atoms with Gasteiger partial charge in [-0.1, -0.05) is 19.1 Å². The number of rotatable bonds is 3. The lowest BCUT2D eigenvalue weighted by atomic mass is 9.98. The molecule has 19 heavy (non-hydrogen) atoms. The zero-order valence-corrected chi connectivity index (χ0v) is 11.4. The summed E-state index contributed by atoms with van der Waals surface area (Å²) in [5, 5.41) is 9.23. The molecule has 1 saturated heterocycles. The summed E-state index contributed by atoms with van der Waals surface area (Å²) >= 11 is 0. The largest absolute Gasteiger partial charge is 0.508 e. The van der Waals surface area contributed by atoms with E-state index in [1.165, 1.54) is 6.42 Å². The molecule has 4 heteroatoms. The minimum absolute atomic E-state index is 0.0413. The van der Waals surface area contributed by atoms with Gasteiger partial charge in [0.1, 0.15) is 5.75 Å². The van der Waals surface area contributed by atoms with E-state index in [2.05, 4.69) is 6.92 Å². The third-order valence-electron chi connectivity index (χ3n) is 3.68. The number of phenols is 1. The van der Waals surface area contributed by atoms with Crippen LogP contribution in [-0.2, 0) is 11.2 Å². The molecule has 1 amide bonds. The van der Waals surface area contributed by atoms with Crippen LogP contribution in [0.25, 0.3) is 0 Å². The van der Waals surface area contributed by atoms with E-state index in [9.17, 15) is 9.90 Å². The van der Waals surface area contributed by atoms with Gasteiger partial charge in [0.05, 0.1) is 6.04 Å². The summed E-state index contributed by atoms with van der Waals surface area (Å²) in [4.78, 5) is 14.2. The predicted molar refractivity (Wildman–Crippen MR) is 74.8 cm³/mol. The van der Waals surface area contributed by atoms with Crippen molar-refractivity contribution in [1.82, 2.24) is 4.90 Å². The summed E-state index contributed by atoms with van der Waals surface area (Å²) in [6.45, 7) is 3.82. The van der Waals surface area contributed by atoms with Crippen molar-refractivity contribution in [3.05, 3.63) is 29.8 Å². The Hall–Kier alpha value is -1.55. The summed E-state index contributed by atoms with van der Waals surface area (Å²) in [6.07, 6.45) is 2.78.